The van der Waals surface area contributed by atoms with Crippen LogP contribution in [-0.2, 0) is 9.59 Å². The van der Waals surface area contributed by atoms with Crippen LogP contribution in [0.4, 0.5) is 0 Å². The maximum atomic E-state index is 11.1. The van der Waals surface area contributed by atoms with Crippen LogP contribution in [0, 0.1) is 0 Å². The van der Waals surface area contributed by atoms with Gasteiger partial charge in [-0.1, -0.05) is 12.8 Å². The lowest BCUT2D eigenvalue weighted by atomic mass is 10.2. The number of rotatable bonds is 3. The molecule has 4 N–H and O–H groups in total. The van der Waals surface area contributed by atoms with E-state index in [0.29, 0.717) is 0 Å². The summed E-state index contributed by atoms with van der Waals surface area (Å²) in [6.07, 6.45) is 4.04. The predicted molar refractivity (Wildman–Crippen MR) is 46.0 cm³/mol. The molecule has 0 aliphatic heterocycles. The Morgan fingerprint density at radius 1 is 1.38 bits per heavy atom. The van der Waals surface area contributed by atoms with Crippen LogP contribution in [0.1, 0.15) is 25.7 Å². The first-order valence-electron chi connectivity index (χ1n) is 4.40. The highest BCUT2D eigenvalue weighted by Gasteiger charge is 2.24. The first-order valence-corrected chi connectivity index (χ1v) is 4.40. The van der Waals surface area contributed by atoms with Crippen LogP contribution in [0.5, 0.6) is 0 Å². The van der Waals surface area contributed by atoms with E-state index in [1.807, 2.05) is 0 Å². The lowest BCUT2D eigenvalue weighted by Crippen LogP contribution is -2.48. The summed E-state index contributed by atoms with van der Waals surface area (Å²) < 4.78 is 0. The Morgan fingerprint density at radius 3 is 2.38 bits per heavy atom. The molecule has 1 atom stereocenters. The van der Waals surface area contributed by atoms with Crippen molar-refractivity contribution < 1.29 is 14.7 Å². The molecule has 0 aromatic carbocycles. The summed E-state index contributed by atoms with van der Waals surface area (Å²) in [6.45, 7) is 0. The zero-order valence-corrected chi connectivity index (χ0v) is 7.32. The molecule has 0 bridgehead atoms. The van der Waals surface area contributed by atoms with Crippen molar-refractivity contribution >= 4 is 11.9 Å². The number of carbonyl (C=O) groups excluding carboxylic acids is 1. The van der Waals surface area contributed by atoms with E-state index in [4.69, 9.17) is 10.8 Å². The highest BCUT2D eigenvalue weighted by atomic mass is 16.4. The fraction of sp³-hybridized carbons (Fsp3) is 0.750. The summed E-state index contributed by atoms with van der Waals surface area (Å²) >= 11 is 0. The first kappa shape index (κ1) is 9.98. The fourth-order valence-corrected chi connectivity index (χ4v) is 1.47. The van der Waals surface area contributed by atoms with Gasteiger partial charge in [0, 0.05) is 6.04 Å². The Kier molecular flexibility index (Phi) is 3.25. The van der Waals surface area contributed by atoms with Gasteiger partial charge in [-0.2, -0.15) is 0 Å². The third-order valence-electron chi connectivity index (χ3n) is 2.25. The second kappa shape index (κ2) is 4.23. The van der Waals surface area contributed by atoms with Crippen molar-refractivity contribution in [1.29, 1.82) is 0 Å². The van der Waals surface area contributed by atoms with Crippen LogP contribution in [0.3, 0.4) is 0 Å². The summed E-state index contributed by atoms with van der Waals surface area (Å²) in [7, 11) is 0. The van der Waals surface area contributed by atoms with E-state index < -0.39 is 17.9 Å². The van der Waals surface area contributed by atoms with Crippen molar-refractivity contribution in [2.75, 3.05) is 0 Å². The van der Waals surface area contributed by atoms with Gasteiger partial charge in [0.25, 0.3) is 0 Å². The van der Waals surface area contributed by atoms with Gasteiger partial charge in [-0.3, -0.25) is 4.79 Å². The van der Waals surface area contributed by atoms with Gasteiger partial charge in [0.15, 0.2) is 6.04 Å². The number of carbonyl (C=O) groups is 2. The standard InChI is InChI=1S/C8H14N2O3/c9-6(8(12)13)7(11)10-5-3-1-2-4-5/h5-6H,1-4,9H2,(H,10,11)(H,12,13). The number of carboxylic acids is 1. The van der Waals surface area contributed by atoms with Gasteiger partial charge < -0.3 is 16.2 Å². The maximum Gasteiger partial charge on any atom is 0.330 e. The molecular formula is C8H14N2O3. The maximum absolute atomic E-state index is 11.1. The summed E-state index contributed by atoms with van der Waals surface area (Å²) in [4.78, 5) is 21.5. The van der Waals surface area contributed by atoms with Gasteiger partial charge in [-0.15, -0.1) is 0 Å². The topological polar surface area (TPSA) is 92.4 Å². The SMILES string of the molecule is NC(C(=O)O)C(=O)NC1CCCC1. The number of hydrogen-bond donors (Lipinski definition) is 3. The number of aliphatic carboxylic acids is 1. The zero-order valence-electron chi connectivity index (χ0n) is 7.32. The van der Waals surface area contributed by atoms with E-state index in [0.717, 1.165) is 25.7 Å². The van der Waals surface area contributed by atoms with Crippen molar-refractivity contribution in [1.82, 2.24) is 5.32 Å². The zero-order chi connectivity index (χ0) is 9.84. The van der Waals surface area contributed by atoms with Crippen LogP contribution in [-0.4, -0.2) is 29.1 Å². The molecule has 0 heterocycles. The Bertz CT molecular complexity index is 211. The van der Waals surface area contributed by atoms with Crippen molar-refractivity contribution in [3.05, 3.63) is 0 Å². The van der Waals surface area contributed by atoms with Gasteiger partial charge >= 0.3 is 5.97 Å². The minimum absolute atomic E-state index is 0.123. The summed E-state index contributed by atoms with van der Waals surface area (Å²) in [5.74, 6) is -1.87. The van der Waals surface area contributed by atoms with Gasteiger partial charge in [0.1, 0.15) is 0 Å². The number of amides is 1. The molecular weight excluding hydrogens is 172 g/mol. The number of hydrogen-bond acceptors (Lipinski definition) is 3. The molecule has 13 heavy (non-hydrogen) atoms. The average Bonchev–Trinajstić information content (AvgIpc) is 2.55. The largest absolute Gasteiger partial charge is 0.480 e. The van der Waals surface area contributed by atoms with Crippen LogP contribution in [0.15, 0.2) is 0 Å². The molecule has 1 unspecified atom stereocenters. The van der Waals surface area contributed by atoms with Crippen molar-refractivity contribution in [3.63, 3.8) is 0 Å². The minimum atomic E-state index is -1.43. The van der Waals surface area contributed by atoms with Crippen LogP contribution in [0.2, 0.25) is 0 Å². The molecule has 1 aliphatic carbocycles. The van der Waals surface area contributed by atoms with Crippen LogP contribution >= 0.6 is 0 Å². The highest BCUT2D eigenvalue weighted by molar-refractivity contribution is 6.00. The molecule has 0 saturated heterocycles. The van der Waals surface area contributed by atoms with Crippen LogP contribution in [0.25, 0.3) is 0 Å². The van der Waals surface area contributed by atoms with E-state index in [2.05, 4.69) is 5.32 Å². The molecule has 5 nitrogen and oxygen atoms in total. The van der Waals surface area contributed by atoms with Crippen molar-refractivity contribution in [3.8, 4) is 0 Å². The number of nitrogens with one attached hydrogen (secondary N) is 1. The summed E-state index contributed by atoms with van der Waals surface area (Å²) in [5, 5.41) is 11.1. The first-order chi connectivity index (χ1) is 6.11. The predicted octanol–water partition coefficient (Wildman–Crippen LogP) is -0.543. The molecule has 1 saturated carbocycles. The molecule has 0 spiro atoms. The van der Waals surface area contributed by atoms with Crippen LogP contribution < -0.4 is 11.1 Å². The third-order valence-corrected chi connectivity index (χ3v) is 2.25. The normalized spacial score (nSPS) is 19.8. The molecule has 0 radical (unpaired) electrons. The molecule has 1 rings (SSSR count). The smallest absolute Gasteiger partial charge is 0.330 e. The summed E-state index contributed by atoms with van der Waals surface area (Å²) in [6, 6.07) is -1.31. The number of nitrogens with two attached hydrogens (primary N) is 1. The van der Waals surface area contributed by atoms with E-state index >= 15 is 0 Å². The van der Waals surface area contributed by atoms with Crippen molar-refractivity contribution in [2.24, 2.45) is 5.73 Å². The Hall–Kier alpha value is -1.10. The van der Waals surface area contributed by atoms with E-state index in [9.17, 15) is 9.59 Å². The number of carboxylic acid groups (broad SMARTS) is 1. The molecule has 0 aromatic rings. The van der Waals surface area contributed by atoms with Crippen molar-refractivity contribution in [2.45, 2.75) is 37.8 Å². The average molecular weight is 186 g/mol. The molecule has 5 heteroatoms. The fourth-order valence-electron chi connectivity index (χ4n) is 1.47. The van der Waals surface area contributed by atoms with E-state index in [1.165, 1.54) is 0 Å². The highest BCUT2D eigenvalue weighted by Crippen LogP contribution is 2.17. The molecule has 1 fully saturated rings. The Morgan fingerprint density at radius 2 is 1.92 bits per heavy atom. The van der Waals surface area contributed by atoms with Gasteiger partial charge in [0.05, 0.1) is 0 Å². The minimum Gasteiger partial charge on any atom is -0.480 e. The van der Waals surface area contributed by atoms with Gasteiger partial charge in [-0.05, 0) is 12.8 Å². The Labute approximate surface area is 76.3 Å². The monoisotopic (exact) mass is 186 g/mol. The molecule has 0 aromatic heterocycles. The third kappa shape index (κ3) is 2.69. The second-order valence-corrected chi connectivity index (χ2v) is 3.31. The molecule has 74 valence electrons. The summed E-state index contributed by atoms with van der Waals surface area (Å²) in [5.41, 5.74) is 5.13. The van der Waals surface area contributed by atoms with Gasteiger partial charge in [0.2, 0.25) is 5.91 Å². The lowest BCUT2D eigenvalue weighted by molar-refractivity contribution is -0.142. The molecule has 1 aliphatic rings. The van der Waals surface area contributed by atoms with E-state index in [-0.39, 0.29) is 6.04 Å². The quantitative estimate of drug-likeness (QED) is 0.516. The van der Waals surface area contributed by atoms with E-state index in [1.54, 1.807) is 0 Å². The lowest BCUT2D eigenvalue weighted by Gasteiger charge is -2.13. The molecule has 1 amide bonds. The second-order valence-electron chi connectivity index (χ2n) is 3.31. The van der Waals surface area contributed by atoms with Gasteiger partial charge in [-0.25, -0.2) is 4.79 Å². The Balaban J connectivity index is 2.35.